The number of pyridine rings is 1. The van der Waals surface area contributed by atoms with E-state index in [9.17, 15) is 14.3 Å². The number of aromatic nitrogens is 4. The molecule has 1 amide bonds. The molecule has 28 heavy (non-hydrogen) atoms. The van der Waals surface area contributed by atoms with E-state index in [2.05, 4.69) is 25.7 Å². The van der Waals surface area contributed by atoms with Crippen LogP contribution in [-0.2, 0) is 0 Å². The first-order chi connectivity index (χ1) is 13.6. The molecule has 2 bridgehead atoms. The van der Waals surface area contributed by atoms with Gasteiger partial charge in [-0.2, -0.15) is 5.10 Å². The van der Waals surface area contributed by atoms with Crippen LogP contribution in [0.5, 0.6) is 5.88 Å². The van der Waals surface area contributed by atoms with Gasteiger partial charge < -0.3 is 20.5 Å². The molecular weight excluding hydrogens is 367 g/mol. The lowest BCUT2D eigenvalue weighted by Crippen LogP contribution is -2.41. The molecule has 9 nitrogen and oxygen atoms in total. The third-order valence-corrected chi connectivity index (χ3v) is 5.06. The van der Waals surface area contributed by atoms with Crippen LogP contribution in [0.1, 0.15) is 34.8 Å². The summed E-state index contributed by atoms with van der Waals surface area (Å²) in [5.74, 6) is -0.220. The fraction of sp³-hybridized carbons (Fsp3) is 0.333. The first-order valence-corrected chi connectivity index (χ1v) is 8.89. The van der Waals surface area contributed by atoms with Gasteiger partial charge in [0, 0.05) is 11.8 Å². The third kappa shape index (κ3) is 2.82. The third-order valence-electron chi connectivity index (χ3n) is 5.06. The molecule has 1 spiro atoms. The number of halogens is 1. The minimum absolute atomic E-state index is 0.192. The standard InChI is InChI=1S/C18H17FN6O3/c19-10-5-11-13(8-26)22-14-1-4-25-15(23-14)12(7-21-25)16(27)24-18(2-3-18)9-28-17(11)20-6-10/h1,4-7,13,26H,2-3,8-9H2,(H,22,23)(H,24,27)/t13-/m1/s1. The molecule has 3 aromatic rings. The number of nitrogens with one attached hydrogen (secondary N) is 2. The van der Waals surface area contributed by atoms with Crippen molar-refractivity contribution in [3.63, 3.8) is 0 Å². The van der Waals surface area contributed by atoms with Gasteiger partial charge in [0.05, 0.1) is 30.6 Å². The van der Waals surface area contributed by atoms with Crippen LogP contribution in [0.4, 0.5) is 10.2 Å². The summed E-state index contributed by atoms with van der Waals surface area (Å²) in [4.78, 5) is 21.3. The highest BCUT2D eigenvalue weighted by Crippen LogP contribution is 2.37. The van der Waals surface area contributed by atoms with Gasteiger partial charge in [-0.15, -0.1) is 0 Å². The van der Waals surface area contributed by atoms with Crippen LogP contribution >= 0.6 is 0 Å². The lowest BCUT2D eigenvalue weighted by atomic mass is 10.1. The van der Waals surface area contributed by atoms with E-state index in [-0.39, 0.29) is 25.0 Å². The predicted octanol–water partition coefficient (Wildman–Crippen LogP) is 1.06. The summed E-state index contributed by atoms with van der Waals surface area (Å²) in [6.07, 6.45) is 5.70. The zero-order valence-electron chi connectivity index (χ0n) is 14.7. The average Bonchev–Trinajstić information content (AvgIpc) is 3.31. The molecule has 3 aromatic heterocycles. The van der Waals surface area contributed by atoms with Crippen molar-refractivity contribution in [1.29, 1.82) is 0 Å². The number of hydrogen-bond acceptors (Lipinski definition) is 7. The van der Waals surface area contributed by atoms with Gasteiger partial charge in [-0.3, -0.25) is 4.79 Å². The highest BCUT2D eigenvalue weighted by molar-refractivity contribution is 6.00. The van der Waals surface area contributed by atoms with Crippen molar-refractivity contribution >= 4 is 17.4 Å². The van der Waals surface area contributed by atoms with E-state index >= 15 is 0 Å². The van der Waals surface area contributed by atoms with Gasteiger partial charge in [0.25, 0.3) is 5.91 Å². The molecule has 1 aliphatic carbocycles. The molecule has 1 saturated carbocycles. The fourth-order valence-corrected chi connectivity index (χ4v) is 3.29. The molecule has 0 unspecified atom stereocenters. The van der Waals surface area contributed by atoms with Crippen LogP contribution in [-0.4, -0.2) is 49.3 Å². The highest BCUT2D eigenvalue weighted by atomic mass is 19.1. The zero-order valence-corrected chi connectivity index (χ0v) is 14.7. The van der Waals surface area contributed by atoms with Crippen molar-refractivity contribution in [2.24, 2.45) is 0 Å². The Hall–Kier alpha value is -3.27. The molecule has 0 saturated heterocycles. The van der Waals surface area contributed by atoms with Crippen LogP contribution in [0.2, 0.25) is 0 Å². The van der Waals surface area contributed by atoms with Crippen LogP contribution in [0.25, 0.3) is 5.65 Å². The Kier molecular flexibility index (Phi) is 3.69. The minimum Gasteiger partial charge on any atom is -0.475 e. The normalized spacial score (nSPS) is 20.4. The largest absolute Gasteiger partial charge is 0.475 e. The summed E-state index contributed by atoms with van der Waals surface area (Å²) < 4.78 is 21.2. The molecule has 0 aromatic carbocycles. The van der Waals surface area contributed by atoms with Gasteiger partial charge in [0.2, 0.25) is 5.88 Å². The van der Waals surface area contributed by atoms with Crippen LogP contribution < -0.4 is 15.4 Å². The van der Waals surface area contributed by atoms with Crippen LogP contribution in [0, 0.1) is 5.82 Å². The number of rotatable bonds is 1. The molecule has 4 heterocycles. The summed E-state index contributed by atoms with van der Waals surface area (Å²) in [6.45, 7) is -0.138. The first-order valence-electron chi connectivity index (χ1n) is 8.89. The maximum Gasteiger partial charge on any atom is 0.257 e. The molecule has 1 aliphatic heterocycles. The fourth-order valence-electron chi connectivity index (χ4n) is 3.29. The van der Waals surface area contributed by atoms with Crippen molar-refractivity contribution in [1.82, 2.24) is 24.9 Å². The molecular formula is C18H17FN6O3. The second-order valence-corrected chi connectivity index (χ2v) is 7.09. The summed E-state index contributed by atoms with van der Waals surface area (Å²) in [7, 11) is 0. The van der Waals surface area contributed by atoms with E-state index in [0.717, 1.165) is 19.0 Å². The van der Waals surface area contributed by atoms with E-state index < -0.39 is 17.4 Å². The van der Waals surface area contributed by atoms with Crippen molar-refractivity contribution < 1.29 is 19.0 Å². The van der Waals surface area contributed by atoms with E-state index in [1.54, 1.807) is 12.3 Å². The number of aliphatic hydroxyl groups is 1. The number of hydrogen-bond donors (Lipinski definition) is 3. The first kappa shape index (κ1) is 16.9. The van der Waals surface area contributed by atoms with Crippen LogP contribution in [0.15, 0.2) is 30.7 Å². The number of nitrogens with zero attached hydrogens (tertiary/aromatic N) is 4. The van der Waals surface area contributed by atoms with E-state index in [0.29, 0.717) is 22.6 Å². The number of anilines is 1. The number of carbonyl (C=O) groups excluding carboxylic acids is 1. The van der Waals surface area contributed by atoms with Crippen LogP contribution in [0.3, 0.4) is 0 Å². The van der Waals surface area contributed by atoms with Crippen molar-refractivity contribution in [2.75, 3.05) is 18.5 Å². The molecule has 3 N–H and O–H groups in total. The Bertz CT molecular complexity index is 1080. The van der Waals surface area contributed by atoms with Crippen molar-refractivity contribution in [3.05, 3.63) is 47.7 Å². The summed E-state index contributed by atoms with van der Waals surface area (Å²) in [6, 6.07) is 2.23. The second-order valence-electron chi connectivity index (χ2n) is 7.09. The van der Waals surface area contributed by atoms with E-state index in [4.69, 9.17) is 4.74 Å². The lowest BCUT2D eigenvalue weighted by Gasteiger charge is -2.21. The van der Waals surface area contributed by atoms with Gasteiger partial charge in [-0.25, -0.2) is 18.9 Å². The quantitative estimate of drug-likeness (QED) is 0.575. The molecule has 1 atom stereocenters. The second kappa shape index (κ2) is 6.13. The van der Waals surface area contributed by atoms with Gasteiger partial charge in [-0.1, -0.05) is 0 Å². The molecule has 1 fully saturated rings. The Morgan fingerprint density at radius 3 is 3.04 bits per heavy atom. The van der Waals surface area contributed by atoms with E-state index in [1.165, 1.54) is 16.8 Å². The Balaban J connectivity index is 1.65. The number of ether oxygens (including phenoxy) is 1. The minimum atomic E-state index is -0.695. The van der Waals surface area contributed by atoms with Gasteiger partial charge in [0.15, 0.2) is 5.65 Å². The maximum absolute atomic E-state index is 13.8. The topological polar surface area (TPSA) is 114 Å². The SMILES string of the molecule is O=C1NC2(CC2)COc2ncc(F)cc2[C@@H](CO)Nc2ccn3ncc1c3n2. The number of aliphatic hydroxyl groups excluding tert-OH is 1. The maximum atomic E-state index is 13.8. The van der Waals surface area contributed by atoms with Gasteiger partial charge in [-0.05, 0) is 25.0 Å². The lowest BCUT2D eigenvalue weighted by molar-refractivity contribution is 0.0913. The molecule has 2 aliphatic rings. The Labute approximate surface area is 158 Å². The van der Waals surface area contributed by atoms with Crippen molar-refractivity contribution in [3.8, 4) is 5.88 Å². The predicted molar refractivity (Wildman–Crippen MR) is 95.6 cm³/mol. The van der Waals surface area contributed by atoms with E-state index in [1.807, 2.05) is 0 Å². The number of amides is 1. The average molecular weight is 384 g/mol. The molecule has 5 rings (SSSR count). The Morgan fingerprint density at radius 1 is 1.39 bits per heavy atom. The van der Waals surface area contributed by atoms with Crippen molar-refractivity contribution in [2.45, 2.75) is 24.4 Å². The summed E-state index contributed by atoms with van der Waals surface area (Å²) in [5.41, 5.74) is 0.593. The molecule has 10 heteroatoms. The number of fused-ring (bicyclic) bond motifs is 2. The molecule has 144 valence electrons. The Morgan fingerprint density at radius 2 is 2.25 bits per heavy atom. The monoisotopic (exact) mass is 384 g/mol. The summed E-state index contributed by atoms with van der Waals surface area (Å²) >= 11 is 0. The smallest absolute Gasteiger partial charge is 0.257 e. The highest BCUT2D eigenvalue weighted by Gasteiger charge is 2.46. The van der Waals surface area contributed by atoms with Gasteiger partial charge >= 0.3 is 0 Å². The van der Waals surface area contributed by atoms with Gasteiger partial charge in [0.1, 0.15) is 23.8 Å². The summed E-state index contributed by atoms with van der Waals surface area (Å²) in [5, 5.41) is 20.1. The number of carbonyl (C=O) groups is 1. The zero-order chi connectivity index (χ0) is 19.3. The molecule has 0 radical (unpaired) electrons.